The molecule has 0 aromatic heterocycles. The van der Waals surface area contributed by atoms with Crippen LogP contribution in [0.1, 0.15) is 46.2 Å². The Morgan fingerprint density at radius 3 is 2.08 bits per heavy atom. The largest absolute Gasteiger partial charge is 0.497 e. The van der Waals surface area contributed by atoms with E-state index in [-0.39, 0.29) is 31.6 Å². The molecule has 1 aromatic carbocycles. The highest BCUT2D eigenvalue weighted by atomic mass is 16.6. The number of carbonyl (C=O) groups excluding carboxylic acids is 4. The number of amides is 3. The van der Waals surface area contributed by atoms with Crippen LogP contribution in [0.4, 0.5) is 4.79 Å². The van der Waals surface area contributed by atoms with Crippen molar-refractivity contribution in [3.05, 3.63) is 55.1 Å². The number of methoxy groups -OCH3 is 1. The van der Waals surface area contributed by atoms with Gasteiger partial charge in [0.05, 0.1) is 13.2 Å². The van der Waals surface area contributed by atoms with E-state index in [0.29, 0.717) is 5.75 Å². The van der Waals surface area contributed by atoms with E-state index in [4.69, 9.17) is 14.2 Å². The molecule has 0 saturated carbocycles. The second kappa shape index (κ2) is 16.2. The summed E-state index contributed by atoms with van der Waals surface area (Å²) in [5.74, 6) is -1.67. The molecular formula is C29H43N3O7. The quantitative estimate of drug-likeness (QED) is 0.264. The molecule has 0 aliphatic carbocycles. The molecule has 3 atom stereocenters. The van der Waals surface area contributed by atoms with Crippen LogP contribution >= 0.6 is 0 Å². The van der Waals surface area contributed by atoms with Gasteiger partial charge in [-0.1, -0.05) is 65.1 Å². The maximum absolute atomic E-state index is 14.3. The van der Waals surface area contributed by atoms with Crippen LogP contribution in [-0.2, 0) is 23.9 Å². The second-order valence-electron chi connectivity index (χ2n) is 9.74. The lowest BCUT2D eigenvalue weighted by Crippen LogP contribution is -2.59. The Morgan fingerprint density at radius 2 is 1.54 bits per heavy atom. The number of esters is 1. The van der Waals surface area contributed by atoms with Gasteiger partial charge in [-0.05, 0) is 36.5 Å². The van der Waals surface area contributed by atoms with E-state index in [1.807, 2.05) is 33.8 Å². The number of benzene rings is 1. The molecule has 3 amide bonds. The third-order valence-corrected chi connectivity index (χ3v) is 6.13. The Labute approximate surface area is 232 Å². The first-order valence-electron chi connectivity index (χ1n) is 12.9. The molecule has 0 fully saturated rings. The molecule has 216 valence electrons. The van der Waals surface area contributed by atoms with Crippen LogP contribution in [-0.4, -0.2) is 79.7 Å². The summed E-state index contributed by atoms with van der Waals surface area (Å²) in [6, 6.07) is 4.68. The SMILES string of the molecule is C=CCOC(=O)CNC(=O)[C@H](C(C)C)N(C(=O)[C@H](C(C)C)N(C)C(=O)OCC=C)[C@@H](C)c1cccc(OC)c1. The molecule has 1 aromatic rings. The van der Waals surface area contributed by atoms with E-state index in [9.17, 15) is 19.2 Å². The average Bonchev–Trinajstić information content (AvgIpc) is 2.90. The lowest BCUT2D eigenvalue weighted by molar-refractivity contribution is -0.150. The molecule has 1 N–H and O–H groups in total. The van der Waals surface area contributed by atoms with Gasteiger partial charge in [-0.3, -0.25) is 19.3 Å². The van der Waals surface area contributed by atoms with E-state index >= 15 is 0 Å². The molecule has 10 nitrogen and oxygen atoms in total. The fraction of sp³-hybridized carbons (Fsp3) is 0.517. The molecule has 0 heterocycles. The predicted molar refractivity (Wildman–Crippen MR) is 149 cm³/mol. The first-order chi connectivity index (χ1) is 18.4. The smallest absolute Gasteiger partial charge is 0.410 e. The average molecular weight is 546 g/mol. The third kappa shape index (κ3) is 9.46. The monoisotopic (exact) mass is 545 g/mol. The lowest BCUT2D eigenvalue weighted by Gasteiger charge is -2.42. The zero-order chi connectivity index (χ0) is 29.7. The minimum atomic E-state index is -0.982. The van der Waals surface area contributed by atoms with Crippen LogP contribution in [0.5, 0.6) is 5.75 Å². The van der Waals surface area contributed by atoms with Crippen molar-refractivity contribution in [2.75, 3.05) is 33.9 Å². The van der Waals surface area contributed by atoms with Crippen LogP contribution in [0.15, 0.2) is 49.6 Å². The van der Waals surface area contributed by atoms with E-state index < -0.39 is 42.0 Å². The normalized spacial score (nSPS) is 13.1. The molecule has 0 spiro atoms. The number of ether oxygens (including phenoxy) is 3. The van der Waals surface area contributed by atoms with Crippen molar-refractivity contribution in [2.45, 2.75) is 52.7 Å². The van der Waals surface area contributed by atoms with Crippen LogP contribution < -0.4 is 10.1 Å². The van der Waals surface area contributed by atoms with Crippen LogP contribution in [0, 0.1) is 11.8 Å². The van der Waals surface area contributed by atoms with Crippen molar-refractivity contribution >= 4 is 23.9 Å². The summed E-state index contributed by atoms with van der Waals surface area (Å²) in [5.41, 5.74) is 0.728. The summed E-state index contributed by atoms with van der Waals surface area (Å²) >= 11 is 0. The zero-order valence-corrected chi connectivity index (χ0v) is 24.1. The fourth-order valence-corrected chi connectivity index (χ4v) is 4.24. The highest BCUT2D eigenvalue weighted by molar-refractivity contribution is 5.93. The van der Waals surface area contributed by atoms with Gasteiger partial charge in [0.25, 0.3) is 0 Å². The van der Waals surface area contributed by atoms with E-state index in [1.54, 1.807) is 32.2 Å². The number of nitrogens with one attached hydrogen (secondary N) is 1. The van der Waals surface area contributed by atoms with E-state index in [1.165, 1.54) is 29.0 Å². The molecule has 10 heteroatoms. The molecule has 0 unspecified atom stereocenters. The number of hydrogen-bond acceptors (Lipinski definition) is 7. The van der Waals surface area contributed by atoms with Crippen molar-refractivity contribution in [2.24, 2.45) is 11.8 Å². The maximum atomic E-state index is 14.3. The van der Waals surface area contributed by atoms with E-state index in [2.05, 4.69) is 18.5 Å². The Hall–Kier alpha value is -3.82. The number of nitrogens with zero attached hydrogens (tertiary/aromatic N) is 2. The summed E-state index contributed by atoms with van der Waals surface area (Å²) in [4.78, 5) is 55.4. The Kier molecular flexibility index (Phi) is 13.8. The first-order valence-corrected chi connectivity index (χ1v) is 12.9. The summed E-state index contributed by atoms with van der Waals surface area (Å²) in [5, 5.41) is 2.60. The number of carbonyl (C=O) groups is 4. The van der Waals surface area contributed by atoms with Gasteiger partial charge in [0, 0.05) is 7.05 Å². The summed E-state index contributed by atoms with van der Waals surface area (Å²) in [7, 11) is 3.03. The first kappa shape index (κ1) is 33.2. The number of likely N-dealkylation sites (N-methyl/N-ethyl adjacent to an activating group) is 1. The second-order valence-corrected chi connectivity index (χ2v) is 9.74. The molecule has 0 aliphatic rings. The van der Waals surface area contributed by atoms with Gasteiger partial charge in [0.1, 0.15) is 37.6 Å². The topological polar surface area (TPSA) is 114 Å². The third-order valence-electron chi connectivity index (χ3n) is 6.13. The number of rotatable bonds is 15. The lowest BCUT2D eigenvalue weighted by atomic mass is 9.93. The maximum Gasteiger partial charge on any atom is 0.410 e. The Balaban J connectivity index is 3.56. The van der Waals surface area contributed by atoms with Gasteiger partial charge < -0.3 is 24.4 Å². The summed E-state index contributed by atoms with van der Waals surface area (Å²) < 4.78 is 15.5. The van der Waals surface area contributed by atoms with E-state index in [0.717, 1.165) is 5.56 Å². The molecule has 0 aliphatic heterocycles. The van der Waals surface area contributed by atoms with Crippen LogP contribution in [0.25, 0.3) is 0 Å². The van der Waals surface area contributed by atoms with Crippen LogP contribution in [0.3, 0.4) is 0 Å². The Bertz CT molecular complexity index is 1010. The van der Waals surface area contributed by atoms with Crippen molar-refractivity contribution in [3.8, 4) is 5.75 Å². The van der Waals surface area contributed by atoms with Gasteiger partial charge in [0.2, 0.25) is 11.8 Å². The van der Waals surface area contributed by atoms with Gasteiger partial charge in [0.15, 0.2) is 0 Å². The number of hydrogen-bond donors (Lipinski definition) is 1. The minimum absolute atomic E-state index is 0.00884. The highest BCUT2D eigenvalue weighted by Crippen LogP contribution is 2.31. The Morgan fingerprint density at radius 1 is 0.949 bits per heavy atom. The van der Waals surface area contributed by atoms with Crippen molar-refractivity contribution in [1.29, 1.82) is 0 Å². The molecule has 0 saturated heterocycles. The highest BCUT2D eigenvalue weighted by Gasteiger charge is 2.42. The summed E-state index contributed by atoms with van der Waals surface area (Å²) in [6.45, 7) is 15.7. The zero-order valence-electron chi connectivity index (χ0n) is 24.1. The minimum Gasteiger partial charge on any atom is -0.497 e. The molecule has 39 heavy (non-hydrogen) atoms. The molecule has 1 rings (SSSR count). The van der Waals surface area contributed by atoms with Crippen LogP contribution in [0.2, 0.25) is 0 Å². The van der Waals surface area contributed by atoms with Gasteiger partial charge in [-0.2, -0.15) is 0 Å². The van der Waals surface area contributed by atoms with Crippen molar-refractivity contribution in [3.63, 3.8) is 0 Å². The summed E-state index contributed by atoms with van der Waals surface area (Å²) in [6.07, 6.45) is 2.18. The van der Waals surface area contributed by atoms with Crippen molar-refractivity contribution < 1.29 is 33.4 Å². The van der Waals surface area contributed by atoms with Gasteiger partial charge in [-0.15, -0.1) is 0 Å². The predicted octanol–water partition coefficient (Wildman–Crippen LogP) is 3.73. The van der Waals surface area contributed by atoms with Gasteiger partial charge in [-0.25, -0.2) is 4.79 Å². The van der Waals surface area contributed by atoms with Crippen molar-refractivity contribution in [1.82, 2.24) is 15.1 Å². The van der Waals surface area contributed by atoms with Gasteiger partial charge >= 0.3 is 12.1 Å². The molecular weight excluding hydrogens is 502 g/mol. The standard InChI is InChI=1S/C29H43N3O7/c1-10-15-38-24(33)18-30-27(34)25(19(3)4)32(21(7)22-13-12-14-23(17-22)37-9)28(35)26(20(5)6)31(8)29(36)39-16-11-2/h10-14,17,19-21,25-26H,1-2,15-16,18H2,3-9H3,(H,30,34)/t21-,25-,26-/m0/s1. The fourth-order valence-electron chi connectivity index (χ4n) is 4.24. The molecule has 0 radical (unpaired) electrons. The molecule has 0 bridgehead atoms.